The molecule has 0 unspecified atom stereocenters. The lowest BCUT2D eigenvalue weighted by Crippen LogP contribution is -2.63. The average Bonchev–Trinajstić information content (AvgIpc) is 3.04. The molecule has 0 aromatic carbocycles. The minimum Gasteiger partial charge on any atom is -0.390 e. The van der Waals surface area contributed by atoms with Gasteiger partial charge in [0.1, 0.15) is 5.78 Å². The van der Waals surface area contributed by atoms with Crippen LogP contribution in [-0.2, 0) is 9.59 Å². The maximum absolute atomic E-state index is 12.8. The van der Waals surface area contributed by atoms with Crippen LogP contribution in [0.2, 0.25) is 0 Å². The molecule has 8 atom stereocenters. The molecule has 4 rings (SSSR count). The molecule has 0 heterocycles. The predicted octanol–water partition coefficient (Wildman–Crippen LogP) is 6.53. The fraction of sp³-hybridized carbons (Fsp3) is 0.862. The summed E-state index contributed by atoms with van der Waals surface area (Å²) in [5.74, 6) is 2.48. The van der Waals surface area contributed by atoms with E-state index in [1.165, 1.54) is 25.7 Å². The first kappa shape index (κ1) is 24.2. The van der Waals surface area contributed by atoms with Crippen molar-refractivity contribution in [3.63, 3.8) is 0 Å². The van der Waals surface area contributed by atoms with Gasteiger partial charge in [-0.2, -0.15) is 0 Å². The van der Waals surface area contributed by atoms with E-state index in [0.29, 0.717) is 30.0 Å². The van der Waals surface area contributed by atoms with Crippen molar-refractivity contribution in [3.05, 3.63) is 12.2 Å². The van der Waals surface area contributed by atoms with Gasteiger partial charge in [0.15, 0.2) is 5.78 Å². The van der Waals surface area contributed by atoms with Crippen LogP contribution >= 0.6 is 0 Å². The first-order valence-electron chi connectivity index (χ1n) is 13.1. The number of rotatable bonds is 4. The Labute approximate surface area is 195 Å². The molecule has 32 heavy (non-hydrogen) atoms. The zero-order valence-electron chi connectivity index (χ0n) is 21.6. The molecule has 180 valence electrons. The maximum atomic E-state index is 12.8. The zero-order valence-corrected chi connectivity index (χ0v) is 21.6. The largest absolute Gasteiger partial charge is 0.390 e. The van der Waals surface area contributed by atoms with Crippen molar-refractivity contribution in [2.45, 2.75) is 112 Å². The smallest absolute Gasteiger partial charge is 0.152 e. The Morgan fingerprint density at radius 3 is 2.31 bits per heavy atom. The second-order valence-corrected chi connectivity index (χ2v) is 13.5. The number of carbonyl (C=O) groups excluding carboxylic acids is 2. The van der Waals surface area contributed by atoms with Gasteiger partial charge in [0.25, 0.3) is 0 Å². The lowest BCUT2D eigenvalue weighted by molar-refractivity contribution is -0.206. The van der Waals surface area contributed by atoms with E-state index in [0.717, 1.165) is 25.7 Å². The lowest BCUT2D eigenvalue weighted by atomic mass is 9.35. The number of allylic oxidation sites excluding steroid dienone is 1. The van der Waals surface area contributed by atoms with Crippen LogP contribution < -0.4 is 0 Å². The standard InChI is InChI=1S/C29H46O3/c1-19(30)9-8-15-29(7,32)21-12-17-27(5)20(21)10-11-23-26(4)16-14-24(31)25(2,3)22(26)13-18-28(23,27)6/h8-9,20-23,32H,10-18H2,1-7H3/t20-,21+,22+,23-,26+,27-,28-,29+/m1/s1. The number of hydrogen-bond acceptors (Lipinski definition) is 3. The third kappa shape index (κ3) is 3.23. The summed E-state index contributed by atoms with van der Waals surface area (Å²) >= 11 is 0. The highest BCUT2D eigenvalue weighted by molar-refractivity contribution is 5.87. The Bertz CT molecular complexity index is 822. The van der Waals surface area contributed by atoms with E-state index >= 15 is 0 Å². The van der Waals surface area contributed by atoms with Crippen molar-refractivity contribution in [2.24, 2.45) is 45.3 Å². The van der Waals surface area contributed by atoms with Gasteiger partial charge in [0, 0.05) is 11.8 Å². The van der Waals surface area contributed by atoms with Gasteiger partial charge in [-0.25, -0.2) is 0 Å². The van der Waals surface area contributed by atoms with Gasteiger partial charge in [-0.15, -0.1) is 0 Å². The highest BCUT2D eigenvalue weighted by Gasteiger charge is 2.69. The molecular formula is C29H46O3. The Hall–Kier alpha value is -0.960. The van der Waals surface area contributed by atoms with Crippen LogP contribution in [-0.4, -0.2) is 22.3 Å². The van der Waals surface area contributed by atoms with Crippen LogP contribution in [0, 0.1) is 45.3 Å². The third-order valence-corrected chi connectivity index (χ3v) is 11.8. The molecule has 4 aliphatic rings. The van der Waals surface area contributed by atoms with Gasteiger partial charge in [0.2, 0.25) is 0 Å². The summed E-state index contributed by atoms with van der Waals surface area (Å²) in [7, 11) is 0. The normalized spacial score (nSPS) is 47.4. The van der Waals surface area contributed by atoms with Crippen LogP contribution in [0.25, 0.3) is 0 Å². The van der Waals surface area contributed by atoms with Gasteiger partial charge >= 0.3 is 0 Å². The molecule has 0 aromatic heterocycles. The maximum Gasteiger partial charge on any atom is 0.152 e. The van der Waals surface area contributed by atoms with Crippen LogP contribution in [0.3, 0.4) is 0 Å². The SMILES string of the molecule is CC(=O)C=CC[C@](C)(O)[C@H]1CC[C@]2(C)[C@@H]1CC[C@@H]1[C@@]3(C)CCC(=O)C(C)(C)[C@@H]3CC[C@]12C. The molecule has 1 N–H and O–H groups in total. The number of Topliss-reactive ketones (excluding diaryl/α,β-unsaturated/α-hetero) is 1. The van der Waals surface area contributed by atoms with E-state index in [9.17, 15) is 14.7 Å². The third-order valence-electron chi connectivity index (χ3n) is 11.8. The quantitative estimate of drug-likeness (QED) is 0.504. The first-order valence-corrected chi connectivity index (χ1v) is 13.1. The summed E-state index contributed by atoms with van der Waals surface area (Å²) in [6, 6.07) is 0. The van der Waals surface area contributed by atoms with Crippen molar-refractivity contribution in [2.75, 3.05) is 0 Å². The summed E-state index contributed by atoms with van der Waals surface area (Å²) in [6.07, 6.45) is 12.9. The molecule has 0 spiro atoms. The Morgan fingerprint density at radius 1 is 1.00 bits per heavy atom. The topological polar surface area (TPSA) is 54.4 Å². The van der Waals surface area contributed by atoms with Crippen LogP contribution in [0.4, 0.5) is 0 Å². The summed E-state index contributed by atoms with van der Waals surface area (Å²) in [4.78, 5) is 24.2. The van der Waals surface area contributed by atoms with Crippen LogP contribution in [0.5, 0.6) is 0 Å². The Balaban J connectivity index is 1.63. The lowest BCUT2D eigenvalue weighted by Gasteiger charge is -2.69. The molecule has 0 aliphatic heterocycles. The highest BCUT2D eigenvalue weighted by Crippen LogP contribution is 2.75. The van der Waals surface area contributed by atoms with Gasteiger partial charge in [-0.05, 0) is 111 Å². The van der Waals surface area contributed by atoms with E-state index in [2.05, 4.69) is 34.6 Å². The average molecular weight is 443 g/mol. The van der Waals surface area contributed by atoms with Crippen molar-refractivity contribution < 1.29 is 14.7 Å². The summed E-state index contributed by atoms with van der Waals surface area (Å²) < 4.78 is 0. The van der Waals surface area contributed by atoms with Crippen molar-refractivity contribution in [3.8, 4) is 0 Å². The highest BCUT2D eigenvalue weighted by atomic mass is 16.3. The molecular weight excluding hydrogens is 396 g/mol. The number of aliphatic hydroxyl groups is 1. The van der Waals surface area contributed by atoms with Gasteiger partial charge < -0.3 is 5.11 Å². The number of ketones is 2. The minimum absolute atomic E-state index is 0.0453. The number of hydrogen-bond donors (Lipinski definition) is 1. The van der Waals surface area contributed by atoms with E-state index in [1.807, 2.05) is 13.0 Å². The zero-order chi connectivity index (χ0) is 23.7. The van der Waals surface area contributed by atoms with E-state index in [-0.39, 0.29) is 33.4 Å². The summed E-state index contributed by atoms with van der Waals surface area (Å²) in [5.41, 5.74) is -0.232. The van der Waals surface area contributed by atoms with Crippen molar-refractivity contribution in [1.29, 1.82) is 0 Å². The van der Waals surface area contributed by atoms with Crippen molar-refractivity contribution in [1.82, 2.24) is 0 Å². The second-order valence-electron chi connectivity index (χ2n) is 13.5. The van der Waals surface area contributed by atoms with E-state index < -0.39 is 5.60 Å². The molecule has 3 heteroatoms. The molecule has 0 bridgehead atoms. The Kier molecular flexibility index (Phi) is 5.68. The molecule has 4 saturated carbocycles. The van der Waals surface area contributed by atoms with E-state index in [4.69, 9.17) is 0 Å². The van der Waals surface area contributed by atoms with Crippen molar-refractivity contribution >= 4 is 11.6 Å². The van der Waals surface area contributed by atoms with Crippen LogP contribution in [0.15, 0.2) is 12.2 Å². The molecule has 0 amide bonds. The fourth-order valence-corrected chi connectivity index (χ4v) is 9.90. The first-order chi connectivity index (χ1) is 14.7. The molecule has 0 radical (unpaired) electrons. The molecule has 0 saturated heterocycles. The molecule has 4 fully saturated rings. The summed E-state index contributed by atoms with van der Waals surface area (Å²) in [5, 5.41) is 11.5. The summed E-state index contributed by atoms with van der Waals surface area (Å²) in [6.45, 7) is 15.6. The van der Waals surface area contributed by atoms with Gasteiger partial charge in [-0.1, -0.05) is 40.7 Å². The van der Waals surface area contributed by atoms with Crippen LogP contribution in [0.1, 0.15) is 106 Å². The number of fused-ring (bicyclic) bond motifs is 5. The molecule has 3 nitrogen and oxygen atoms in total. The monoisotopic (exact) mass is 442 g/mol. The molecule has 4 aliphatic carbocycles. The fourth-order valence-electron chi connectivity index (χ4n) is 9.90. The van der Waals surface area contributed by atoms with E-state index in [1.54, 1.807) is 13.0 Å². The second kappa shape index (κ2) is 7.52. The van der Waals surface area contributed by atoms with Gasteiger partial charge in [-0.3, -0.25) is 9.59 Å². The molecule has 0 aromatic rings. The predicted molar refractivity (Wildman–Crippen MR) is 129 cm³/mol. The number of carbonyl (C=O) groups is 2. The van der Waals surface area contributed by atoms with Gasteiger partial charge in [0.05, 0.1) is 5.60 Å². The minimum atomic E-state index is -0.766. The Morgan fingerprint density at radius 2 is 1.66 bits per heavy atom.